The lowest BCUT2D eigenvalue weighted by molar-refractivity contribution is -0.384. The van der Waals surface area contributed by atoms with Gasteiger partial charge in [-0.05, 0) is 17.7 Å². The molecule has 0 fully saturated rings. The zero-order chi connectivity index (χ0) is 21.4. The van der Waals surface area contributed by atoms with Crippen molar-refractivity contribution in [2.24, 2.45) is 0 Å². The molecule has 8 nitrogen and oxygen atoms in total. The average molecular weight is 483 g/mol. The molecule has 0 bridgehead atoms. The number of carbonyl (C=O) groups is 1. The molecule has 0 saturated carbocycles. The van der Waals surface area contributed by atoms with E-state index >= 15 is 0 Å². The Kier molecular flexibility index (Phi) is 8.06. The molecule has 2 rings (SSSR count). The second kappa shape index (κ2) is 10.3. The largest absolute Gasteiger partial charge is 0.460 e. The number of nitrogens with zero attached hydrogens (tertiary/aromatic N) is 2. The van der Waals surface area contributed by atoms with Crippen LogP contribution >= 0.6 is 15.9 Å². The van der Waals surface area contributed by atoms with E-state index in [-0.39, 0.29) is 29.1 Å². The van der Waals surface area contributed by atoms with Gasteiger partial charge in [-0.25, -0.2) is 8.42 Å². The van der Waals surface area contributed by atoms with Gasteiger partial charge in [0.1, 0.15) is 12.6 Å². The quantitative estimate of drug-likeness (QED) is 0.169. The molecule has 2 aromatic rings. The predicted octanol–water partition coefficient (Wildman–Crippen LogP) is 3.28. The molecule has 0 saturated heterocycles. The molecule has 0 aromatic heterocycles. The zero-order valence-corrected chi connectivity index (χ0v) is 17.7. The van der Waals surface area contributed by atoms with Crippen LogP contribution < -0.4 is 0 Å². The number of hydrogen-bond donors (Lipinski definition) is 0. The first kappa shape index (κ1) is 22.7. The van der Waals surface area contributed by atoms with E-state index in [1.807, 2.05) is 6.07 Å². The standard InChI is InChI=1S/C19H19BrN2O6S/c1-2-12-21(29(26,27)17-10-8-16(9-11-17)22(24)25)18(13-20)19(23)28-14-15-6-4-3-5-7-15/h2-11,18H,1,12-14H2/t18-/m0/s1. The van der Waals surface area contributed by atoms with Crippen molar-refractivity contribution in [3.05, 3.63) is 82.9 Å². The summed E-state index contributed by atoms with van der Waals surface area (Å²) < 4.78 is 32.4. The highest BCUT2D eigenvalue weighted by Crippen LogP contribution is 2.23. The Balaban J connectivity index is 2.26. The minimum Gasteiger partial charge on any atom is -0.460 e. The van der Waals surface area contributed by atoms with Crippen LogP contribution in [-0.2, 0) is 26.2 Å². The van der Waals surface area contributed by atoms with Crippen molar-refractivity contribution in [1.82, 2.24) is 4.31 Å². The van der Waals surface area contributed by atoms with Gasteiger partial charge in [0.15, 0.2) is 0 Å². The van der Waals surface area contributed by atoms with Gasteiger partial charge in [0, 0.05) is 24.0 Å². The third-order valence-electron chi connectivity index (χ3n) is 3.95. The minimum absolute atomic E-state index is 0.000669. The first-order valence-electron chi connectivity index (χ1n) is 8.45. The third-order valence-corrected chi connectivity index (χ3v) is 6.46. The van der Waals surface area contributed by atoms with Crippen molar-refractivity contribution < 1.29 is 22.9 Å². The second-order valence-corrected chi connectivity index (χ2v) is 8.42. The van der Waals surface area contributed by atoms with Crippen LogP contribution in [0.2, 0.25) is 0 Å². The molecule has 0 aliphatic rings. The molecule has 0 amide bonds. The van der Waals surface area contributed by atoms with E-state index in [1.54, 1.807) is 24.3 Å². The first-order valence-corrected chi connectivity index (χ1v) is 11.0. The Morgan fingerprint density at radius 3 is 2.34 bits per heavy atom. The van der Waals surface area contributed by atoms with E-state index in [1.165, 1.54) is 6.08 Å². The maximum absolute atomic E-state index is 13.1. The average Bonchev–Trinajstić information content (AvgIpc) is 2.73. The Labute approximate surface area is 177 Å². The Morgan fingerprint density at radius 1 is 1.21 bits per heavy atom. The van der Waals surface area contributed by atoms with E-state index in [4.69, 9.17) is 4.74 Å². The van der Waals surface area contributed by atoms with Gasteiger partial charge in [0.25, 0.3) is 5.69 Å². The molecule has 154 valence electrons. The minimum atomic E-state index is -4.14. The number of sulfonamides is 1. The maximum Gasteiger partial charge on any atom is 0.325 e. The van der Waals surface area contributed by atoms with E-state index in [0.717, 1.165) is 34.1 Å². The lowest BCUT2D eigenvalue weighted by atomic mass is 10.2. The Morgan fingerprint density at radius 2 is 1.83 bits per heavy atom. The van der Waals surface area contributed by atoms with Crippen LogP contribution in [0.1, 0.15) is 5.56 Å². The van der Waals surface area contributed by atoms with Gasteiger partial charge in [0.2, 0.25) is 10.0 Å². The normalized spacial score (nSPS) is 12.3. The summed E-state index contributed by atoms with van der Waals surface area (Å²) in [5.41, 5.74) is 0.529. The van der Waals surface area contributed by atoms with Crippen molar-refractivity contribution in [2.75, 3.05) is 11.9 Å². The van der Waals surface area contributed by atoms with Crippen molar-refractivity contribution in [3.8, 4) is 0 Å². The number of nitro benzene ring substituents is 1. The van der Waals surface area contributed by atoms with Gasteiger partial charge in [-0.2, -0.15) is 4.31 Å². The molecule has 0 heterocycles. The fraction of sp³-hybridized carbons (Fsp3) is 0.211. The number of carbonyl (C=O) groups excluding carboxylic acids is 1. The Hall–Kier alpha value is -2.56. The van der Waals surface area contributed by atoms with Gasteiger partial charge in [-0.1, -0.05) is 52.3 Å². The van der Waals surface area contributed by atoms with E-state index < -0.39 is 27.0 Å². The van der Waals surface area contributed by atoms with Crippen molar-refractivity contribution in [1.29, 1.82) is 0 Å². The van der Waals surface area contributed by atoms with Crippen molar-refractivity contribution in [2.45, 2.75) is 17.5 Å². The molecule has 10 heteroatoms. The molecule has 2 aromatic carbocycles. The second-order valence-electron chi connectivity index (χ2n) is 5.88. The highest BCUT2D eigenvalue weighted by molar-refractivity contribution is 9.09. The monoisotopic (exact) mass is 482 g/mol. The summed E-state index contributed by atoms with van der Waals surface area (Å²) in [6.45, 7) is 3.41. The summed E-state index contributed by atoms with van der Waals surface area (Å²) in [6.07, 6.45) is 1.35. The number of esters is 1. The van der Waals surface area contributed by atoms with Gasteiger partial charge < -0.3 is 4.74 Å². The van der Waals surface area contributed by atoms with Crippen LogP contribution in [0, 0.1) is 10.1 Å². The van der Waals surface area contributed by atoms with E-state index in [0.29, 0.717) is 0 Å². The molecule has 0 aliphatic carbocycles. The van der Waals surface area contributed by atoms with Crippen LogP contribution in [0.4, 0.5) is 5.69 Å². The van der Waals surface area contributed by atoms with Crippen LogP contribution in [0.25, 0.3) is 0 Å². The van der Waals surface area contributed by atoms with Crippen molar-refractivity contribution >= 4 is 37.6 Å². The first-order chi connectivity index (χ1) is 13.8. The third kappa shape index (κ3) is 5.72. The topological polar surface area (TPSA) is 107 Å². The molecule has 0 radical (unpaired) electrons. The zero-order valence-electron chi connectivity index (χ0n) is 15.3. The molecular formula is C19H19BrN2O6S. The fourth-order valence-electron chi connectivity index (χ4n) is 2.48. The smallest absolute Gasteiger partial charge is 0.325 e. The summed E-state index contributed by atoms with van der Waals surface area (Å²) in [4.78, 5) is 22.6. The summed E-state index contributed by atoms with van der Waals surface area (Å²) in [5.74, 6) is -0.724. The molecule has 1 atom stereocenters. The highest BCUT2D eigenvalue weighted by Gasteiger charge is 2.35. The predicted molar refractivity (Wildman–Crippen MR) is 111 cm³/mol. The van der Waals surface area contributed by atoms with Gasteiger partial charge in [-0.3, -0.25) is 14.9 Å². The summed E-state index contributed by atoms with van der Waals surface area (Å²) >= 11 is 3.18. The highest BCUT2D eigenvalue weighted by atomic mass is 79.9. The molecular weight excluding hydrogens is 464 g/mol. The number of nitro groups is 1. The summed E-state index contributed by atoms with van der Waals surface area (Å²) in [7, 11) is -4.14. The van der Waals surface area contributed by atoms with E-state index in [2.05, 4.69) is 22.5 Å². The fourth-order valence-corrected chi connectivity index (χ4v) is 4.83. The lowest BCUT2D eigenvalue weighted by Gasteiger charge is -2.27. The van der Waals surface area contributed by atoms with E-state index in [9.17, 15) is 23.3 Å². The molecule has 0 spiro atoms. The lowest BCUT2D eigenvalue weighted by Crippen LogP contribution is -2.46. The number of benzene rings is 2. The Bertz CT molecular complexity index is 964. The molecule has 0 N–H and O–H groups in total. The number of alkyl halides is 1. The number of hydrogen-bond acceptors (Lipinski definition) is 6. The number of ether oxygens (including phenoxy) is 1. The SMILES string of the molecule is C=CCN([C@@H](CBr)C(=O)OCc1ccccc1)S(=O)(=O)c1ccc([N+](=O)[O-])cc1. The maximum atomic E-state index is 13.1. The number of rotatable bonds is 10. The van der Waals surface area contributed by atoms with Crippen LogP contribution in [0.3, 0.4) is 0 Å². The number of non-ortho nitro benzene ring substituents is 1. The summed E-state index contributed by atoms with van der Waals surface area (Å²) in [5, 5.41) is 10.8. The van der Waals surface area contributed by atoms with Gasteiger partial charge >= 0.3 is 5.97 Å². The molecule has 0 aliphatic heterocycles. The molecule has 29 heavy (non-hydrogen) atoms. The van der Waals surface area contributed by atoms with Gasteiger partial charge in [0.05, 0.1) is 9.82 Å². The van der Waals surface area contributed by atoms with Gasteiger partial charge in [-0.15, -0.1) is 6.58 Å². The van der Waals surface area contributed by atoms with Crippen LogP contribution in [-0.4, -0.2) is 41.5 Å². The van der Waals surface area contributed by atoms with Crippen molar-refractivity contribution in [3.63, 3.8) is 0 Å². The number of halogens is 1. The summed E-state index contributed by atoms with van der Waals surface area (Å²) in [6, 6.07) is 12.3. The van der Waals surface area contributed by atoms with Crippen LogP contribution in [0.15, 0.2) is 72.1 Å². The van der Waals surface area contributed by atoms with Crippen LogP contribution in [0.5, 0.6) is 0 Å². The molecule has 0 unspecified atom stereocenters.